The van der Waals surface area contributed by atoms with Gasteiger partial charge >= 0.3 is 0 Å². The van der Waals surface area contributed by atoms with Gasteiger partial charge in [0.05, 0.1) is 0 Å². The summed E-state index contributed by atoms with van der Waals surface area (Å²) in [5, 5.41) is 5.81. The monoisotopic (exact) mass is 287 g/mol. The quantitative estimate of drug-likeness (QED) is 0.754. The number of hydrogen-bond acceptors (Lipinski definition) is 2. The Balaban J connectivity index is 1.97. The number of nitrogens with one attached hydrogen (secondary N) is 1. The Bertz CT molecular complexity index is 499. The summed E-state index contributed by atoms with van der Waals surface area (Å²) in [6.07, 6.45) is 1.16. The Morgan fingerprint density at radius 3 is 2.20 bits per heavy atom. The van der Waals surface area contributed by atoms with Crippen LogP contribution in [0, 0.1) is 5.92 Å². The minimum Gasteiger partial charge on any atom is -0.303 e. The Hall–Kier alpha value is -1.12. The van der Waals surface area contributed by atoms with Gasteiger partial charge in [0.1, 0.15) is 0 Å². The van der Waals surface area contributed by atoms with Gasteiger partial charge in [-0.15, -0.1) is 11.3 Å². The lowest BCUT2D eigenvalue weighted by Crippen LogP contribution is -2.21. The fraction of sp³-hybridized carbons (Fsp3) is 0.444. The molecule has 0 aliphatic rings. The normalized spacial score (nSPS) is 14.4. The summed E-state index contributed by atoms with van der Waals surface area (Å²) in [5.41, 5.74) is 2.79. The maximum atomic E-state index is 3.67. The molecule has 2 atom stereocenters. The van der Waals surface area contributed by atoms with Crippen molar-refractivity contribution >= 4 is 11.3 Å². The highest BCUT2D eigenvalue weighted by molar-refractivity contribution is 7.10. The van der Waals surface area contributed by atoms with Crippen LogP contribution in [-0.4, -0.2) is 0 Å². The summed E-state index contributed by atoms with van der Waals surface area (Å²) in [7, 11) is 0. The van der Waals surface area contributed by atoms with E-state index in [2.05, 4.69) is 74.8 Å². The second-order valence-corrected chi connectivity index (χ2v) is 6.94. The number of hydrogen-bond donors (Lipinski definition) is 1. The van der Waals surface area contributed by atoms with Crippen molar-refractivity contribution in [2.45, 2.75) is 46.2 Å². The molecule has 0 aliphatic heterocycles. The van der Waals surface area contributed by atoms with E-state index in [4.69, 9.17) is 0 Å². The van der Waals surface area contributed by atoms with Crippen LogP contribution in [0.2, 0.25) is 0 Å². The summed E-state index contributed by atoms with van der Waals surface area (Å²) >= 11 is 1.81. The van der Waals surface area contributed by atoms with E-state index >= 15 is 0 Å². The molecular formula is C18H25NS. The summed E-state index contributed by atoms with van der Waals surface area (Å²) in [4.78, 5) is 1.40. The molecule has 0 fully saturated rings. The van der Waals surface area contributed by atoms with Crippen molar-refractivity contribution in [3.8, 4) is 0 Å². The van der Waals surface area contributed by atoms with Crippen LogP contribution in [0.3, 0.4) is 0 Å². The van der Waals surface area contributed by atoms with Crippen LogP contribution in [0.15, 0.2) is 41.8 Å². The molecule has 2 aromatic rings. The molecule has 0 saturated heterocycles. The third kappa shape index (κ3) is 4.19. The smallest absolute Gasteiger partial charge is 0.0391 e. The molecule has 0 aliphatic carbocycles. The standard InChI is InChI=1S/C18H25NS/c1-13(2)12-16-7-9-17(10-8-16)14(3)19-15(4)18-6-5-11-20-18/h5-11,13-15,19H,12H2,1-4H3/t14?,15-/m0/s1. The predicted octanol–water partition coefficient (Wildman–Crippen LogP) is 5.36. The molecule has 0 bridgehead atoms. The predicted molar refractivity (Wildman–Crippen MR) is 89.3 cm³/mol. The second-order valence-electron chi connectivity index (χ2n) is 5.97. The van der Waals surface area contributed by atoms with Crippen LogP contribution >= 0.6 is 11.3 Å². The third-order valence-corrected chi connectivity index (χ3v) is 4.65. The zero-order valence-electron chi connectivity index (χ0n) is 12.9. The van der Waals surface area contributed by atoms with Crippen LogP contribution < -0.4 is 5.32 Å². The highest BCUT2D eigenvalue weighted by Gasteiger charge is 2.11. The molecule has 1 nitrogen and oxygen atoms in total. The van der Waals surface area contributed by atoms with Gasteiger partial charge < -0.3 is 5.32 Å². The van der Waals surface area contributed by atoms with Gasteiger partial charge in [-0.2, -0.15) is 0 Å². The van der Waals surface area contributed by atoms with Gasteiger partial charge in [-0.1, -0.05) is 44.2 Å². The first-order chi connectivity index (χ1) is 9.56. The van der Waals surface area contributed by atoms with Gasteiger partial charge in [0.2, 0.25) is 0 Å². The van der Waals surface area contributed by atoms with Crippen LogP contribution in [0.1, 0.15) is 55.8 Å². The van der Waals surface area contributed by atoms with E-state index in [1.165, 1.54) is 16.0 Å². The molecule has 1 aromatic heterocycles. The van der Waals surface area contributed by atoms with Gasteiger partial charge in [0.15, 0.2) is 0 Å². The molecule has 0 amide bonds. The third-order valence-electron chi connectivity index (χ3n) is 3.59. The molecule has 1 heterocycles. The first-order valence-electron chi connectivity index (χ1n) is 7.44. The summed E-state index contributed by atoms with van der Waals surface area (Å²) in [6.45, 7) is 9.00. The number of thiophene rings is 1. The van der Waals surface area contributed by atoms with Crippen molar-refractivity contribution in [3.05, 3.63) is 57.8 Å². The maximum Gasteiger partial charge on any atom is 0.0391 e. The highest BCUT2D eigenvalue weighted by Crippen LogP contribution is 2.23. The Labute approximate surface area is 127 Å². The van der Waals surface area contributed by atoms with Gasteiger partial charge in [0.25, 0.3) is 0 Å². The topological polar surface area (TPSA) is 12.0 Å². The lowest BCUT2D eigenvalue weighted by Gasteiger charge is -2.20. The van der Waals surface area contributed by atoms with Gasteiger partial charge in [-0.3, -0.25) is 0 Å². The zero-order chi connectivity index (χ0) is 14.5. The Morgan fingerprint density at radius 1 is 0.950 bits per heavy atom. The number of rotatable bonds is 6. The lowest BCUT2D eigenvalue weighted by atomic mass is 9.99. The highest BCUT2D eigenvalue weighted by atomic mass is 32.1. The van der Waals surface area contributed by atoms with E-state index in [0.29, 0.717) is 12.1 Å². The van der Waals surface area contributed by atoms with E-state index in [1.54, 1.807) is 0 Å². The molecule has 2 rings (SSSR count). The molecule has 2 heteroatoms. The van der Waals surface area contributed by atoms with Crippen molar-refractivity contribution in [2.75, 3.05) is 0 Å². The average Bonchev–Trinajstić information content (AvgIpc) is 2.92. The Morgan fingerprint density at radius 2 is 1.65 bits per heavy atom. The van der Waals surface area contributed by atoms with Crippen LogP contribution in [0.25, 0.3) is 0 Å². The van der Waals surface area contributed by atoms with Crippen molar-refractivity contribution in [3.63, 3.8) is 0 Å². The fourth-order valence-electron chi connectivity index (χ4n) is 2.50. The first kappa shape index (κ1) is 15.3. The summed E-state index contributed by atoms with van der Waals surface area (Å²) in [5.74, 6) is 0.718. The van der Waals surface area contributed by atoms with Crippen molar-refractivity contribution in [1.82, 2.24) is 5.32 Å². The largest absolute Gasteiger partial charge is 0.303 e. The van der Waals surface area contributed by atoms with E-state index in [1.807, 2.05) is 11.3 Å². The number of benzene rings is 1. The molecule has 108 valence electrons. The minimum atomic E-state index is 0.375. The summed E-state index contributed by atoms with van der Waals surface area (Å²) in [6, 6.07) is 14.1. The van der Waals surface area contributed by atoms with Crippen molar-refractivity contribution in [1.29, 1.82) is 0 Å². The van der Waals surface area contributed by atoms with Crippen molar-refractivity contribution < 1.29 is 0 Å². The van der Waals surface area contributed by atoms with E-state index in [0.717, 1.165) is 12.3 Å². The zero-order valence-corrected chi connectivity index (χ0v) is 13.7. The molecule has 0 spiro atoms. The molecule has 1 unspecified atom stereocenters. The van der Waals surface area contributed by atoms with Crippen LogP contribution in [-0.2, 0) is 6.42 Å². The van der Waals surface area contributed by atoms with Crippen LogP contribution in [0.5, 0.6) is 0 Å². The Kier molecular flexibility index (Phi) is 5.38. The fourth-order valence-corrected chi connectivity index (χ4v) is 3.25. The summed E-state index contributed by atoms with van der Waals surface area (Å²) < 4.78 is 0. The second kappa shape index (κ2) is 7.05. The van der Waals surface area contributed by atoms with Crippen molar-refractivity contribution in [2.24, 2.45) is 5.92 Å². The van der Waals surface area contributed by atoms with E-state index < -0.39 is 0 Å². The SMILES string of the molecule is CC(C)Cc1ccc(C(C)N[C@@H](C)c2cccs2)cc1. The molecule has 1 N–H and O–H groups in total. The van der Waals surface area contributed by atoms with E-state index in [9.17, 15) is 0 Å². The molecular weight excluding hydrogens is 262 g/mol. The molecule has 0 radical (unpaired) electrons. The maximum absolute atomic E-state index is 3.67. The molecule has 1 aromatic carbocycles. The van der Waals surface area contributed by atoms with Gasteiger partial charge in [-0.05, 0) is 48.8 Å². The van der Waals surface area contributed by atoms with Crippen LogP contribution in [0.4, 0.5) is 0 Å². The minimum absolute atomic E-state index is 0.375. The van der Waals surface area contributed by atoms with Gasteiger partial charge in [-0.25, -0.2) is 0 Å². The molecule has 0 saturated carbocycles. The molecule has 20 heavy (non-hydrogen) atoms. The van der Waals surface area contributed by atoms with E-state index in [-0.39, 0.29) is 0 Å². The lowest BCUT2D eigenvalue weighted by molar-refractivity contribution is 0.500. The van der Waals surface area contributed by atoms with Gasteiger partial charge in [0, 0.05) is 17.0 Å². The average molecular weight is 287 g/mol. The first-order valence-corrected chi connectivity index (χ1v) is 8.32.